The molecular formula is C24H32N6. The molecule has 2 aromatic carbocycles. The van der Waals surface area contributed by atoms with E-state index in [1.807, 2.05) is 24.6 Å². The molecule has 6 nitrogen and oxygen atoms in total. The molecule has 3 aromatic rings. The molecule has 2 atom stereocenters. The van der Waals surface area contributed by atoms with Crippen LogP contribution in [0.2, 0.25) is 0 Å². The van der Waals surface area contributed by atoms with Crippen molar-refractivity contribution in [1.29, 1.82) is 0 Å². The van der Waals surface area contributed by atoms with Crippen LogP contribution < -0.4 is 10.6 Å². The van der Waals surface area contributed by atoms with Gasteiger partial charge in [0.05, 0.1) is 6.04 Å². The highest BCUT2D eigenvalue weighted by molar-refractivity contribution is 5.80. The van der Waals surface area contributed by atoms with E-state index in [1.165, 1.54) is 16.7 Å². The van der Waals surface area contributed by atoms with Gasteiger partial charge in [0.15, 0.2) is 11.8 Å². The fourth-order valence-corrected chi connectivity index (χ4v) is 3.27. The van der Waals surface area contributed by atoms with Gasteiger partial charge in [0, 0.05) is 13.6 Å². The van der Waals surface area contributed by atoms with Crippen molar-refractivity contribution in [3.63, 3.8) is 0 Å². The molecule has 0 radical (unpaired) electrons. The van der Waals surface area contributed by atoms with Gasteiger partial charge in [-0.05, 0) is 37.8 Å². The first kappa shape index (κ1) is 21.6. The highest BCUT2D eigenvalue weighted by Gasteiger charge is 2.12. The van der Waals surface area contributed by atoms with E-state index in [2.05, 4.69) is 90.1 Å². The number of hydrogen-bond acceptors (Lipinski definition) is 3. The SMILES string of the molecule is Cc1cccc(C(C)CNC(=NCc2nnc(C)n2C)NC(C)c2ccccc2)c1. The molecule has 158 valence electrons. The normalized spacial score (nSPS) is 13.7. The average molecular weight is 405 g/mol. The van der Waals surface area contributed by atoms with Crippen LogP contribution >= 0.6 is 0 Å². The van der Waals surface area contributed by atoms with Crippen LogP contribution in [-0.4, -0.2) is 27.3 Å². The Morgan fingerprint density at radius 1 is 1.00 bits per heavy atom. The Morgan fingerprint density at radius 2 is 1.73 bits per heavy atom. The van der Waals surface area contributed by atoms with Crippen LogP contribution in [0, 0.1) is 13.8 Å². The fourth-order valence-electron chi connectivity index (χ4n) is 3.27. The molecule has 0 aliphatic rings. The second-order valence-corrected chi connectivity index (χ2v) is 7.86. The maximum absolute atomic E-state index is 4.79. The van der Waals surface area contributed by atoms with E-state index in [0.29, 0.717) is 12.5 Å². The summed E-state index contributed by atoms with van der Waals surface area (Å²) in [6.07, 6.45) is 0. The number of aryl methyl sites for hydroxylation is 2. The summed E-state index contributed by atoms with van der Waals surface area (Å²) in [4.78, 5) is 4.79. The number of hydrogen-bond donors (Lipinski definition) is 2. The van der Waals surface area contributed by atoms with E-state index in [4.69, 9.17) is 4.99 Å². The minimum Gasteiger partial charge on any atom is -0.356 e. The Morgan fingerprint density at radius 3 is 2.40 bits per heavy atom. The molecule has 2 N–H and O–H groups in total. The molecule has 0 aliphatic heterocycles. The number of nitrogens with one attached hydrogen (secondary N) is 2. The minimum absolute atomic E-state index is 0.132. The lowest BCUT2D eigenvalue weighted by Crippen LogP contribution is -2.40. The van der Waals surface area contributed by atoms with Crippen molar-refractivity contribution < 1.29 is 0 Å². The summed E-state index contributed by atoms with van der Waals surface area (Å²) in [5.74, 6) is 2.86. The molecule has 6 heteroatoms. The van der Waals surface area contributed by atoms with Crippen molar-refractivity contribution in [3.8, 4) is 0 Å². The Kier molecular flexibility index (Phi) is 7.22. The van der Waals surface area contributed by atoms with Crippen molar-refractivity contribution in [2.24, 2.45) is 12.0 Å². The first-order chi connectivity index (χ1) is 14.4. The number of aromatic nitrogens is 3. The second-order valence-electron chi connectivity index (χ2n) is 7.86. The molecule has 0 saturated heterocycles. The van der Waals surface area contributed by atoms with Crippen LogP contribution in [0.5, 0.6) is 0 Å². The van der Waals surface area contributed by atoms with E-state index >= 15 is 0 Å². The summed E-state index contributed by atoms with van der Waals surface area (Å²) < 4.78 is 1.97. The summed E-state index contributed by atoms with van der Waals surface area (Å²) in [5.41, 5.74) is 3.82. The maximum atomic E-state index is 4.79. The Balaban J connectivity index is 1.72. The van der Waals surface area contributed by atoms with Gasteiger partial charge in [-0.3, -0.25) is 0 Å². The first-order valence-corrected chi connectivity index (χ1v) is 10.4. The van der Waals surface area contributed by atoms with Crippen LogP contribution in [-0.2, 0) is 13.6 Å². The zero-order valence-corrected chi connectivity index (χ0v) is 18.6. The predicted octanol–water partition coefficient (Wildman–Crippen LogP) is 4.03. The summed E-state index contributed by atoms with van der Waals surface area (Å²) in [5, 5.41) is 15.4. The van der Waals surface area contributed by atoms with Crippen LogP contribution in [0.15, 0.2) is 59.6 Å². The van der Waals surface area contributed by atoms with E-state index in [9.17, 15) is 0 Å². The van der Waals surface area contributed by atoms with E-state index in [0.717, 1.165) is 24.2 Å². The van der Waals surface area contributed by atoms with Crippen molar-refractivity contribution in [2.75, 3.05) is 6.54 Å². The van der Waals surface area contributed by atoms with Crippen molar-refractivity contribution in [2.45, 2.75) is 46.2 Å². The van der Waals surface area contributed by atoms with Crippen molar-refractivity contribution in [1.82, 2.24) is 25.4 Å². The summed E-state index contributed by atoms with van der Waals surface area (Å²) in [7, 11) is 1.97. The van der Waals surface area contributed by atoms with Gasteiger partial charge in [0.1, 0.15) is 12.4 Å². The highest BCUT2D eigenvalue weighted by Crippen LogP contribution is 2.16. The molecular weight excluding hydrogens is 372 g/mol. The average Bonchev–Trinajstić information content (AvgIpc) is 3.08. The van der Waals surface area contributed by atoms with E-state index < -0.39 is 0 Å². The highest BCUT2D eigenvalue weighted by atomic mass is 15.3. The Bertz CT molecular complexity index is 976. The molecule has 0 spiro atoms. The molecule has 0 amide bonds. The zero-order chi connectivity index (χ0) is 21.5. The molecule has 2 unspecified atom stereocenters. The van der Waals surface area contributed by atoms with Crippen LogP contribution in [0.3, 0.4) is 0 Å². The molecule has 1 aromatic heterocycles. The van der Waals surface area contributed by atoms with Gasteiger partial charge in [-0.1, -0.05) is 67.1 Å². The van der Waals surface area contributed by atoms with Crippen LogP contribution in [0.4, 0.5) is 0 Å². The molecule has 0 bridgehead atoms. The van der Waals surface area contributed by atoms with Crippen molar-refractivity contribution >= 4 is 5.96 Å². The minimum atomic E-state index is 0.132. The third kappa shape index (κ3) is 5.69. The number of benzene rings is 2. The predicted molar refractivity (Wildman–Crippen MR) is 122 cm³/mol. The van der Waals surface area contributed by atoms with Gasteiger partial charge < -0.3 is 15.2 Å². The molecule has 0 fully saturated rings. The van der Waals surface area contributed by atoms with Gasteiger partial charge in [-0.15, -0.1) is 10.2 Å². The fraction of sp³-hybridized carbons (Fsp3) is 0.375. The lowest BCUT2D eigenvalue weighted by Gasteiger charge is -2.21. The number of guanidine groups is 1. The summed E-state index contributed by atoms with van der Waals surface area (Å²) >= 11 is 0. The van der Waals surface area contributed by atoms with E-state index in [-0.39, 0.29) is 6.04 Å². The molecule has 30 heavy (non-hydrogen) atoms. The van der Waals surface area contributed by atoms with Crippen molar-refractivity contribution in [3.05, 3.63) is 82.9 Å². The third-order valence-electron chi connectivity index (χ3n) is 5.40. The smallest absolute Gasteiger partial charge is 0.192 e. The van der Waals surface area contributed by atoms with Crippen LogP contribution in [0.25, 0.3) is 0 Å². The van der Waals surface area contributed by atoms with E-state index in [1.54, 1.807) is 0 Å². The lowest BCUT2D eigenvalue weighted by atomic mass is 9.99. The van der Waals surface area contributed by atoms with Gasteiger partial charge in [0.2, 0.25) is 0 Å². The van der Waals surface area contributed by atoms with Gasteiger partial charge in [0.25, 0.3) is 0 Å². The van der Waals surface area contributed by atoms with Gasteiger partial charge in [-0.25, -0.2) is 4.99 Å². The summed E-state index contributed by atoms with van der Waals surface area (Å²) in [6, 6.07) is 19.2. The second kappa shape index (κ2) is 10.1. The maximum Gasteiger partial charge on any atom is 0.192 e. The quantitative estimate of drug-likeness (QED) is 0.461. The largest absolute Gasteiger partial charge is 0.356 e. The topological polar surface area (TPSA) is 67.1 Å². The molecule has 3 rings (SSSR count). The monoisotopic (exact) mass is 404 g/mol. The first-order valence-electron chi connectivity index (χ1n) is 10.4. The lowest BCUT2D eigenvalue weighted by molar-refractivity contribution is 0.651. The van der Waals surface area contributed by atoms with Gasteiger partial charge in [-0.2, -0.15) is 0 Å². The number of rotatable bonds is 7. The molecule has 0 aliphatic carbocycles. The van der Waals surface area contributed by atoms with Crippen LogP contribution in [0.1, 0.15) is 54.1 Å². The Labute approximate surface area is 179 Å². The molecule has 1 heterocycles. The van der Waals surface area contributed by atoms with Gasteiger partial charge >= 0.3 is 0 Å². The number of nitrogens with zero attached hydrogens (tertiary/aromatic N) is 4. The number of aliphatic imine (C=N–C) groups is 1. The molecule has 0 saturated carbocycles. The Hall–Kier alpha value is -3.15. The summed E-state index contributed by atoms with van der Waals surface area (Å²) in [6.45, 7) is 9.69. The third-order valence-corrected chi connectivity index (χ3v) is 5.40. The standard InChI is InChI=1S/C24H32N6/c1-17-10-9-13-22(14-17)18(2)15-25-24(26-16-23-29-28-20(4)30(23)5)27-19(3)21-11-7-6-8-12-21/h6-14,18-19H,15-16H2,1-5H3,(H2,25,26,27). The zero-order valence-electron chi connectivity index (χ0n) is 18.6.